The van der Waals surface area contributed by atoms with Crippen molar-refractivity contribution < 1.29 is 0 Å². The quantitative estimate of drug-likeness (QED) is 0.854. The number of nitrogens with zero attached hydrogens (tertiary/aromatic N) is 3. The van der Waals surface area contributed by atoms with Crippen molar-refractivity contribution in [1.82, 2.24) is 19.4 Å². The summed E-state index contributed by atoms with van der Waals surface area (Å²) in [5.74, 6) is 0. The zero-order valence-electron chi connectivity index (χ0n) is 12.1. The second kappa shape index (κ2) is 5.84. The molecule has 0 aliphatic carbocycles. The minimum absolute atomic E-state index is 0.592. The van der Waals surface area contributed by atoms with Crippen LogP contribution in [0.2, 0.25) is 0 Å². The summed E-state index contributed by atoms with van der Waals surface area (Å²) >= 11 is 5.39. The fourth-order valence-electron chi connectivity index (χ4n) is 2.15. The SMILES string of the molecule is CCC(C)N(C)CCn1c(=S)[nH]c2cc(C)cnc21. The first kappa shape index (κ1) is 14.2. The topological polar surface area (TPSA) is 36.9 Å². The molecule has 2 aromatic rings. The maximum absolute atomic E-state index is 5.39. The van der Waals surface area contributed by atoms with Crippen LogP contribution in [0, 0.1) is 11.7 Å². The molecule has 5 heteroatoms. The molecule has 0 spiro atoms. The molecule has 0 radical (unpaired) electrons. The number of likely N-dealkylation sites (N-methyl/N-ethyl adjacent to an activating group) is 1. The number of rotatable bonds is 5. The van der Waals surface area contributed by atoms with Crippen molar-refractivity contribution in [2.24, 2.45) is 0 Å². The number of aromatic nitrogens is 3. The van der Waals surface area contributed by atoms with Crippen LogP contribution in [0.15, 0.2) is 12.3 Å². The highest BCUT2D eigenvalue weighted by atomic mass is 32.1. The molecule has 0 aliphatic heterocycles. The number of imidazole rings is 1. The van der Waals surface area contributed by atoms with Gasteiger partial charge in [-0.05, 0) is 51.2 Å². The summed E-state index contributed by atoms with van der Waals surface area (Å²) in [6.45, 7) is 8.35. The lowest BCUT2D eigenvalue weighted by molar-refractivity contribution is 0.243. The first-order valence-corrected chi connectivity index (χ1v) is 7.19. The molecule has 1 N–H and O–H groups in total. The van der Waals surface area contributed by atoms with Crippen molar-refractivity contribution in [3.63, 3.8) is 0 Å². The Bertz CT molecular complexity index is 613. The second-order valence-corrected chi connectivity index (χ2v) is 5.59. The predicted molar refractivity (Wildman–Crippen MR) is 82.0 cm³/mol. The summed E-state index contributed by atoms with van der Waals surface area (Å²) in [7, 11) is 2.16. The van der Waals surface area contributed by atoms with Crippen molar-refractivity contribution in [2.45, 2.75) is 39.8 Å². The fraction of sp³-hybridized carbons (Fsp3) is 0.571. The Hall–Kier alpha value is -1.20. The van der Waals surface area contributed by atoms with Gasteiger partial charge in [-0.1, -0.05) is 6.92 Å². The number of nitrogens with one attached hydrogen (secondary N) is 1. The van der Waals surface area contributed by atoms with Gasteiger partial charge in [0.15, 0.2) is 10.4 Å². The molecule has 0 amide bonds. The summed E-state index contributed by atoms with van der Waals surface area (Å²) in [6, 6.07) is 2.68. The van der Waals surface area contributed by atoms with E-state index in [1.54, 1.807) is 0 Å². The molecular formula is C14H22N4S. The van der Waals surface area contributed by atoms with Gasteiger partial charge in [-0.25, -0.2) is 4.98 Å². The highest BCUT2D eigenvalue weighted by molar-refractivity contribution is 7.71. The maximum Gasteiger partial charge on any atom is 0.179 e. The van der Waals surface area contributed by atoms with Crippen molar-refractivity contribution in [3.05, 3.63) is 22.6 Å². The lowest BCUT2D eigenvalue weighted by atomic mass is 10.2. The maximum atomic E-state index is 5.39. The van der Waals surface area contributed by atoms with Gasteiger partial charge in [0.05, 0.1) is 5.52 Å². The molecule has 0 bridgehead atoms. The number of aryl methyl sites for hydroxylation is 1. The number of hydrogen-bond acceptors (Lipinski definition) is 3. The van der Waals surface area contributed by atoms with Gasteiger partial charge in [0.1, 0.15) is 0 Å². The van der Waals surface area contributed by atoms with E-state index in [0.29, 0.717) is 6.04 Å². The first-order valence-electron chi connectivity index (χ1n) is 6.78. The Morgan fingerprint density at radius 3 is 2.95 bits per heavy atom. The molecule has 0 aromatic carbocycles. The Kier molecular flexibility index (Phi) is 4.37. The van der Waals surface area contributed by atoms with E-state index >= 15 is 0 Å². The predicted octanol–water partition coefficient (Wildman–Crippen LogP) is 3.13. The van der Waals surface area contributed by atoms with Crippen LogP contribution >= 0.6 is 12.2 Å². The number of fused-ring (bicyclic) bond motifs is 1. The van der Waals surface area contributed by atoms with Gasteiger partial charge in [-0.15, -0.1) is 0 Å². The summed E-state index contributed by atoms with van der Waals surface area (Å²) < 4.78 is 2.84. The zero-order valence-corrected chi connectivity index (χ0v) is 12.9. The van der Waals surface area contributed by atoms with Crippen LogP contribution in [0.5, 0.6) is 0 Å². The summed E-state index contributed by atoms with van der Waals surface area (Å²) in [4.78, 5) is 10.1. The van der Waals surface area contributed by atoms with E-state index in [2.05, 4.69) is 46.4 Å². The average molecular weight is 278 g/mol. The molecule has 0 saturated heterocycles. The number of aromatic amines is 1. The third-order valence-corrected chi connectivity index (χ3v) is 4.09. The van der Waals surface area contributed by atoms with E-state index in [0.717, 1.165) is 41.0 Å². The normalized spacial score (nSPS) is 13.3. The molecular weight excluding hydrogens is 256 g/mol. The lowest BCUT2D eigenvalue weighted by Gasteiger charge is -2.23. The zero-order chi connectivity index (χ0) is 14.0. The largest absolute Gasteiger partial charge is 0.329 e. The van der Waals surface area contributed by atoms with E-state index in [1.165, 1.54) is 0 Å². The van der Waals surface area contributed by atoms with Gasteiger partial charge >= 0.3 is 0 Å². The van der Waals surface area contributed by atoms with E-state index in [4.69, 9.17) is 12.2 Å². The van der Waals surface area contributed by atoms with Crippen molar-refractivity contribution >= 4 is 23.4 Å². The molecule has 104 valence electrons. The van der Waals surface area contributed by atoms with Crippen LogP contribution in [-0.4, -0.2) is 39.1 Å². The molecule has 0 aliphatic rings. The van der Waals surface area contributed by atoms with E-state index in [1.807, 2.05) is 13.1 Å². The summed E-state index contributed by atoms with van der Waals surface area (Å²) in [6.07, 6.45) is 3.05. The Morgan fingerprint density at radius 1 is 1.53 bits per heavy atom. The van der Waals surface area contributed by atoms with Gasteiger partial charge in [0.2, 0.25) is 0 Å². The van der Waals surface area contributed by atoms with Crippen LogP contribution in [0.3, 0.4) is 0 Å². The van der Waals surface area contributed by atoms with Gasteiger partial charge in [-0.2, -0.15) is 0 Å². The third kappa shape index (κ3) is 3.04. The standard InChI is InChI=1S/C14H22N4S/c1-5-11(3)17(4)6-7-18-13-12(16-14(18)19)8-10(2)9-15-13/h8-9,11H,5-7H2,1-4H3,(H,16,19). The molecule has 1 atom stereocenters. The van der Waals surface area contributed by atoms with Crippen molar-refractivity contribution in [3.8, 4) is 0 Å². The average Bonchev–Trinajstić information content (AvgIpc) is 2.69. The van der Waals surface area contributed by atoms with Gasteiger partial charge < -0.3 is 14.5 Å². The van der Waals surface area contributed by atoms with Crippen LogP contribution in [0.1, 0.15) is 25.8 Å². The van der Waals surface area contributed by atoms with Gasteiger partial charge in [0.25, 0.3) is 0 Å². The molecule has 2 aromatic heterocycles. The molecule has 19 heavy (non-hydrogen) atoms. The number of pyridine rings is 1. The second-order valence-electron chi connectivity index (χ2n) is 5.20. The smallest absolute Gasteiger partial charge is 0.179 e. The fourth-order valence-corrected chi connectivity index (χ4v) is 2.43. The summed E-state index contributed by atoms with van der Waals surface area (Å²) in [5.41, 5.74) is 3.12. The van der Waals surface area contributed by atoms with Gasteiger partial charge in [-0.3, -0.25) is 0 Å². The highest BCUT2D eigenvalue weighted by Gasteiger charge is 2.09. The molecule has 0 fully saturated rings. The molecule has 0 saturated carbocycles. The van der Waals surface area contributed by atoms with Crippen LogP contribution in [0.4, 0.5) is 0 Å². The van der Waals surface area contributed by atoms with Crippen molar-refractivity contribution in [2.75, 3.05) is 13.6 Å². The number of H-pyrrole nitrogens is 1. The third-order valence-electron chi connectivity index (χ3n) is 3.77. The van der Waals surface area contributed by atoms with Crippen LogP contribution < -0.4 is 0 Å². The molecule has 4 nitrogen and oxygen atoms in total. The van der Waals surface area contributed by atoms with Crippen LogP contribution in [0.25, 0.3) is 11.2 Å². The highest BCUT2D eigenvalue weighted by Crippen LogP contribution is 2.13. The lowest BCUT2D eigenvalue weighted by Crippen LogP contribution is -2.31. The molecule has 2 rings (SSSR count). The Morgan fingerprint density at radius 2 is 2.26 bits per heavy atom. The molecule has 1 unspecified atom stereocenters. The monoisotopic (exact) mass is 278 g/mol. The number of hydrogen-bond donors (Lipinski definition) is 1. The Labute approximate surface area is 119 Å². The van der Waals surface area contributed by atoms with Crippen molar-refractivity contribution in [1.29, 1.82) is 0 Å². The summed E-state index contributed by atoms with van der Waals surface area (Å²) in [5, 5.41) is 0. The minimum atomic E-state index is 0.592. The van der Waals surface area contributed by atoms with Crippen LogP contribution in [-0.2, 0) is 6.54 Å². The minimum Gasteiger partial charge on any atom is -0.329 e. The first-order chi connectivity index (χ1) is 9.02. The molecule has 2 heterocycles. The van der Waals surface area contributed by atoms with Gasteiger partial charge in [0, 0.05) is 25.3 Å². The van der Waals surface area contributed by atoms with E-state index in [9.17, 15) is 0 Å². The van der Waals surface area contributed by atoms with E-state index in [-0.39, 0.29) is 0 Å². The van der Waals surface area contributed by atoms with E-state index < -0.39 is 0 Å². The Balaban J connectivity index is 2.21.